The summed E-state index contributed by atoms with van der Waals surface area (Å²) >= 11 is 0. The van der Waals surface area contributed by atoms with Crippen molar-refractivity contribution >= 4 is 10.9 Å². The Bertz CT molecular complexity index is 720. The van der Waals surface area contributed by atoms with E-state index in [1.165, 1.54) is 22.0 Å². The molecule has 0 atom stereocenters. The van der Waals surface area contributed by atoms with Gasteiger partial charge in [0.25, 0.3) is 0 Å². The number of para-hydroxylation sites is 1. The van der Waals surface area contributed by atoms with Crippen molar-refractivity contribution in [3.05, 3.63) is 53.0 Å². The van der Waals surface area contributed by atoms with Crippen molar-refractivity contribution in [2.45, 2.75) is 26.9 Å². The van der Waals surface area contributed by atoms with E-state index in [2.05, 4.69) is 45.5 Å². The van der Waals surface area contributed by atoms with Gasteiger partial charge < -0.3 is 14.4 Å². The molecule has 4 heteroatoms. The number of hydrogen-bond acceptors (Lipinski definition) is 3. The number of benzene rings is 1. The Hall–Kier alpha value is -2.07. The van der Waals surface area contributed by atoms with Gasteiger partial charge in [0.1, 0.15) is 5.76 Å². The minimum atomic E-state index is 0.797. The second-order valence-corrected chi connectivity index (χ2v) is 5.13. The predicted molar refractivity (Wildman–Crippen MR) is 79.8 cm³/mol. The molecule has 4 nitrogen and oxygen atoms in total. The van der Waals surface area contributed by atoms with Gasteiger partial charge in [-0.1, -0.05) is 23.4 Å². The summed E-state index contributed by atoms with van der Waals surface area (Å²) in [6, 6.07) is 8.50. The average molecular weight is 269 g/mol. The molecular formula is C16H19N3O. The summed E-state index contributed by atoms with van der Waals surface area (Å²) in [4.78, 5) is 0. The average Bonchev–Trinajstić information content (AvgIpc) is 2.96. The van der Waals surface area contributed by atoms with Crippen LogP contribution in [0.25, 0.3) is 10.9 Å². The maximum absolute atomic E-state index is 5.26. The van der Waals surface area contributed by atoms with Crippen LogP contribution in [-0.2, 0) is 13.1 Å². The van der Waals surface area contributed by atoms with Crippen molar-refractivity contribution in [3.63, 3.8) is 0 Å². The normalized spacial score (nSPS) is 11.3. The lowest BCUT2D eigenvalue weighted by atomic mass is 10.2. The minimum Gasteiger partial charge on any atom is -0.361 e. The van der Waals surface area contributed by atoms with E-state index >= 15 is 0 Å². The highest BCUT2D eigenvalue weighted by atomic mass is 16.5. The number of rotatable bonds is 4. The second kappa shape index (κ2) is 5.13. The van der Waals surface area contributed by atoms with Gasteiger partial charge in [0, 0.05) is 29.2 Å². The molecule has 2 aromatic heterocycles. The van der Waals surface area contributed by atoms with E-state index in [9.17, 15) is 0 Å². The molecule has 2 heterocycles. The molecule has 3 rings (SSSR count). The van der Waals surface area contributed by atoms with Crippen molar-refractivity contribution in [1.29, 1.82) is 0 Å². The minimum absolute atomic E-state index is 0.797. The number of aryl methyl sites for hydroxylation is 2. The summed E-state index contributed by atoms with van der Waals surface area (Å²) in [6.45, 7) is 5.63. The first kappa shape index (κ1) is 12.9. The van der Waals surface area contributed by atoms with Crippen LogP contribution < -0.4 is 5.32 Å². The number of hydrogen-bond donors (Lipinski definition) is 1. The molecule has 0 unspecified atom stereocenters. The Morgan fingerprint density at radius 1 is 1.25 bits per heavy atom. The fraction of sp³-hybridized carbons (Fsp3) is 0.312. The topological polar surface area (TPSA) is 43.0 Å². The predicted octanol–water partition coefficient (Wildman–Crippen LogP) is 3.01. The largest absolute Gasteiger partial charge is 0.361 e. The van der Waals surface area contributed by atoms with Gasteiger partial charge in [-0.2, -0.15) is 0 Å². The van der Waals surface area contributed by atoms with E-state index < -0.39 is 0 Å². The van der Waals surface area contributed by atoms with E-state index in [1.807, 2.05) is 20.9 Å². The van der Waals surface area contributed by atoms with Crippen LogP contribution >= 0.6 is 0 Å². The summed E-state index contributed by atoms with van der Waals surface area (Å²) in [5.74, 6) is 0.899. The van der Waals surface area contributed by atoms with Gasteiger partial charge in [-0.3, -0.25) is 0 Å². The van der Waals surface area contributed by atoms with Crippen molar-refractivity contribution in [2.75, 3.05) is 7.05 Å². The van der Waals surface area contributed by atoms with Gasteiger partial charge >= 0.3 is 0 Å². The van der Waals surface area contributed by atoms with Crippen LogP contribution in [0.15, 0.2) is 35.0 Å². The number of nitrogens with one attached hydrogen (secondary N) is 1. The third-order valence-electron chi connectivity index (χ3n) is 3.75. The Kier molecular flexibility index (Phi) is 3.32. The van der Waals surface area contributed by atoms with Gasteiger partial charge in [0.05, 0.1) is 12.2 Å². The zero-order valence-electron chi connectivity index (χ0n) is 12.1. The van der Waals surface area contributed by atoms with Crippen molar-refractivity contribution in [3.8, 4) is 0 Å². The Morgan fingerprint density at radius 3 is 2.75 bits per heavy atom. The van der Waals surface area contributed by atoms with Gasteiger partial charge in [0.2, 0.25) is 0 Å². The fourth-order valence-corrected chi connectivity index (χ4v) is 2.68. The van der Waals surface area contributed by atoms with Crippen molar-refractivity contribution < 1.29 is 4.52 Å². The SMILES string of the molecule is CNCc1cn(Cc2c(C)noc2C)c2ccccc12. The lowest BCUT2D eigenvalue weighted by Gasteiger charge is -2.04. The lowest BCUT2D eigenvalue weighted by molar-refractivity contribution is 0.392. The molecule has 0 aliphatic carbocycles. The molecule has 0 saturated carbocycles. The molecule has 0 amide bonds. The zero-order chi connectivity index (χ0) is 14.1. The highest BCUT2D eigenvalue weighted by molar-refractivity contribution is 5.84. The third-order valence-corrected chi connectivity index (χ3v) is 3.75. The van der Waals surface area contributed by atoms with Crippen LogP contribution in [0.1, 0.15) is 22.6 Å². The molecular weight excluding hydrogens is 250 g/mol. The highest BCUT2D eigenvalue weighted by Crippen LogP contribution is 2.24. The van der Waals surface area contributed by atoms with Crippen molar-refractivity contribution in [2.24, 2.45) is 0 Å². The standard InChI is InChI=1S/C16H19N3O/c1-11-15(12(2)20-18-11)10-19-9-13(8-17-3)14-6-4-5-7-16(14)19/h4-7,9,17H,8,10H2,1-3H3. The maximum Gasteiger partial charge on any atom is 0.138 e. The summed E-state index contributed by atoms with van der Waals surface area (Å²) in [5.41, 5.74) is 4.70. The smallest absolute Gasteiger partial charge is 0.138 e. The van der Waals surface area contributed by atoms with Crippen LogP contribution in [-0.4, -0.2) is 16.8 Å². The first-order valence-corrected chi connectivity index (χ1v) is 6.84. The van der Waals surface area contributed by atoms with Gasteiger partial charge in [0.15, 0.2) is 0 Å². The van der Waals surface area contributed by atoms with E-state index in [0.29, 0.717) is 0 Å². The maximum atomic E-state index is 5.26. The highest BCUT2D eigenvalue weighted by Gasteiger charge is 2.13. The van der Waals surface area contributed by atoms with Crippen molar-refractivity contribution in [1.82, 2.24) is 15.0 Å². The van der Waals surface area contributed by atoms with Crippen LogP contribution in [0.4, 0.5) is 0 Å². The Balaban J connectivity index is 2.08. The summed E-state index contributed by atoms with van der Waals surface area (Å²) in [6.07, 6.45) is 2.22. The fourth-order valence-electron chi connectivity index (χ4n) is 2.68. The third kappa shape index (κ3) is 2.12. The van der Waals surface area contributed by atoms with E-state index in [1.54, 1.807) is 0 Å². The molecule has 0 bridgehead atoms. The van der Waals surface area contributed by atoms with Crippen LogP contribution in [0.3, 0.4) is 0 Å². The monoisotopic (exact) mass is 269 g/mol. The van der Waals surface area contributed by atoms with Crippen LogP contribution in [0, 0.1) is 13.8 Å². The molecule has 0 saturated heterocycles. The number of nitrogens with zero attached hydrogens (tertiary/aromatic N) is 2. The Labute approximate surface area is 118 Å². The molecule has 0 radical (unpaired) electrons. The van der Waals surface area contributed by atoms with E-state index in [-0.39, 0.29) is 0 Å². The van der Waals surface area contributed by atoms with Gasteiger partial charge in [-0.15, -0.1) is 0 Å². The van der Waals surface area contributed by atoms with Gasteiger partial charge in [-0.25, -0.2) is 0 Å². The van der Waals surface area contributed by atoms with Crippen LogP contribution in [0.2, 0.25) is 0 Å². The van der Waals surface area contributed by atoms with Crippen LogP contribution in [0.5, 0.6) is 0 Å². The van der Waals surface area contributed by atoms with Gasteiger partial charge in [-0.05, 0) is 32.5 Å². The molecule has 20 heavy (non-hydrogen) atoms. The summed E-state index contributed by atoms with van der Waals surface area (Å²) in [5, 5.41) is 8.56. The Morgan fingerprint density at radius 2 is 2.05 bits per heavy atom. The number of fused-ring (bicyclic) bond motifs is 1. The molecule has 0 aliphatic heterocycles. The molecule has 0 spiro atoms. The quantitative estimate of drug-likeness (QED) is 0.791. The molecule has 0 aliphatic rings. The number of aromatic nitrogens is 2. The van der Waals surface area contributed by atoms with E-state index in [4.69, 9.17) is 4.52 Å². The summed E-state index contributed by atoms with van der Waals surface area (Å²) < 4.78 is 7.53. The zero-order valence-corrected chi connectivity index (χ0v) is 12.1. The first-order chi connectivity index (χ1) is 9.70. The second-order valence-electron chi connectivity index (χ2n) is 5.13. The van der Waals surface area contributed by atoms with E-state index in [0.717, 1.165) is 24.5 Å². The molecule has 1 aromatic carbocycles. The summed E-state index contributed by atoms with van der Waals surface area (Å²) in [7, 11) is 1.97. The first-order valence-electron chi connectivity index (χ1n) is 6.84. The molecule has 3 aromatic rings. The molecule has 0 fully saturated rings. The lowest BCUT2D eigenvalue weighted by Crippen LogP contribution is -2.04. The molecule has 1 N–H and O–H groups in total. The molecule has 104 valence electrons.